The molecule has 0 unspecified atom stereocenters. The van der Waals surface area contributed by atoms with Gasteiger partial charge in [0, 0.05) is 17.2 Å². The molecule has 0 radical (unpaired) electrons. The lowest BCUT2D eigenvalue weighted by atomic mass is 10.2. The van der Waals surface area contributed by atoms with E-state index in [2.05, 4.69) is 0 Å². The van der Waals surface area contributed by atoms with Crippen LogP contribution in [0.2, 0.25) is 5.02 Å². The third-order valence-electron chi connectivity index (χ3n) is 2.85. The first-order chi connectivity index (χ1) is 9.65. The maximum Gasteiger partial charge on any atom is 0.143 e. The summed E-state index contributed by atoms with van der Waals surface area (Å²) in [7, 11) is 1.47. The highest BCUT2D eigenvalue weighted by Gasteiger charge is 2.10. The van der Waals surface area contributed by atoms with Gasteiger partial charge in [0.25, 0.3) is 0 Å². The molecule has 2 aromatic rings. The molecule has 0 bridgehead atoms. The first-order valence-corrected chi connectivity index (χ1v) is 6.37. The molecule has 0 aliphatic rings. The molecule has 2 aromatic carbocycles. The highest BCUT2D eigenvalue weighted by atomic mass is 35.5. The molecule has 0 saturated carbocycles. The number of halogens is 2. The Morgan fingerprint density at radius 2 is 2.00 bits per heavy atom. The highest BCUT2D eigenvalue weighted by molar-refractivity contribution is 6.32. The molecule has 5 heteroatoms. The average Bonchev–Trinajstić information content (AvgIpc) is 2.46. The Morgan fingerprint density at radius 1 is 1.20 bits per heavy atom. The number of ether oxygens (including phenoxy) is 2. The second-order valence-electron chi connectivity index (χ2n) is 4.13. The monoisotopic (exact) mass is 296 g/mol. The Hall–Kier alpha value is -1.78. The van der Waals surface area contributed by atoms with E-state index in [1.165, 1.54) is 13.2 Å². The van der Waals surface area contributed by atoms with Crippen LogP contribution in [0.1, 0.15) is 11.1 Å². The van der Waals surface area contributed by atoms with Crippen LogP contribution in [0.3, 0.4) is 0 Å². The third-order valence-corrected chi connectivity index (χ3v) is 3.15. The summed E-state index contributed by atoms with van der Waals surface area (Å²) in [6.45, 7) is -0.173. The van der Waals surface area contributed by atoms with Gasteiger partial charge in [0.2, 0.25) is 0 Å². The van der Waals surface area contributed by atoms with Gasteiger partial charge in [-0.3, -0.25) is 0 Å². The second kappa shape index (κ2) is 6.59. The largest absolute Gasteiger partial charge is 0.497 e. The van der Waals surface area contributed by atoms with Gasteiger partial charge in [-0.25, -0.2) is 4.39 Å². The van der Waals surface area contributed by atoms with Gasteiger partial charge in [-0.2, -0.15) is 0 Å². The molecule has 0 saturated heterocycles. The van der Waals surface area contributed by atoms with Crippen molar-refractivity contribution in [1.29, 1.82) is 0 Å². The number of hydrogen-bond acceptors (Lipinski definition) is 3. The Kier molecular flexibility index (Phi) is 4.82. The van der Waals surface area contributed by atoms with Crippen molar-refractivity contribution in [3.8, 4) is 11.5 Å². The fraction of sp³-hybridized carbons (Fsp3) is 0.200. The molecular formula is C15H14ClFO3. The number of methoxy groups -OCH3 is 1. The summed E-state index contributed by atoms with van der Waals surface area (Å²) < 4.78 is 24.2. The molecule has 20 heavy (non-hydrogen) atoms. The van der Waals surface area contributed by atoms with E-state index in [0.29, 0.717) is 27.6 Å². The zero-order valence-electron chi connectivity index (χ0n) is 10.9. The summed E-state index contributed by atoms with van der Waals surface area (Å²) in [5.41, 5.74) is 0.945. The number of aliphatic hydroxyl groups is 1. The lowest BCUT2D eigenvalue weighted by Crippen LogP contribution is -2.02. The van der Waals surface area contributed by atoms with Crippen LogP contribution in [-0.2, 0) is 13.2 Å². The van der Waals surface area contributed by atoms with Crippen LogP contribution in [0.15, 0.2) is 36.4 Å². The summed E-state index contributed by atoms with van der Waals surface area (Å²) in [6, 6.07) is 9.60. The highest BCUT2D eigenvalue weighted by Crippen LogP contribution is 2.30. The second-order valence-corrected chi connectivity index (χ2v) is 4.54. The Labute approximate surface area is 121 Å². The molecule has 2 rings (SSSR count). The van der Waals surface area contributed by atoms with E-state index in [1.54, 1.807) is 30.3 Å². The van der Waals surface area contributed by atoms with Crippen LogP contribution in [0.5, 0.6) is 11.5 Å². The van der Waals surface area contributed by atoms with Gasteiger partial charge in [-0.1, -0.05) is 23.7 Å². The van der Waals surface area contributed by atoms with Crippen molar-refractivity contribution in [2.75, 3.05) is 7.11 Å². The molecule has 0 amide bonds. The molecule has 0 heterocycles. The lowest BCUT2D eigenvalue weighted by molar-refractivity contribution is 0.257. The van der Waals surface area contributed by atoms with E-state index in [0.717, 1.165) is 0 Å². The minimum absolute atomic E-state index is 0.0204. The van der Waals surface area contributed by atoms with Crippen LogP contribution in [0.25, 0.3) is 0 Å². The van der Waals surface area contributed by atoms with Crippen molar-refractivity contribution in [2.45, 2.75) is 13.2 Å². The van der Waals surface area contributed by atoms with Crippen LogP contribution in [0, 0.1) is 5.82 Å². The fourth-order valence-corrected chi connectivity index (χ4v) is 2.01. The van der Waals surface area contributed by atoms with Gasteiger partial charge in [0.1, 0.15) is 23.9 Å². The predicted octanol–water partition coefficient (Wildman–Crippen LogP) is 3.56. The molecule has 0 aliphatic carbocycles. The van der Waals surface area contributed by atoms with Gasteiger partial charge < -0.3 is 14.6 Å². The van der Waals surface area contributed by atoms with Gasteiger partial charge in [-0.15, -0.1) is 0 Å². The molecule has 0 aromatic heterocycles. The predicted molar refractivity (Wildman–Crippen MR) is 74.7 cm³/mol. The Balaban J connectivity index is 2.17. The average molecular weight is 297 g/mol. The van der Waals surface area contributed by atoms with Gasteiger partial charge >= 0.3 is 0 Å². The van der Waals surface area contributed by atoms with Gasteiger partial charge in [0.05, 0.1) is 18.7 Å². The van der Waals surface area contributed by atoms with Crippen LogP contribution >= 0.6 is 11.6 Å². The summed E-state index contributed by atoms with van der Waals surface area (Å²) in [5.74, 6) is 0.397. The van der Waals surface area contributed by atoms with Crippen molar-refractivity contribution < 1.29 is 19.0 Å². The van der Waals surface area contributed by atoms with Crippen LogP contribution in [-0.4, -0.2) is 12.2 Å². The van der Waals surface area contributed by atoms with Crippen LogP contribution < -0.4 is 9.47 Å². The molecule has 106 valence electrons. The number of hydrogen-bond donors (Lipinski definition) is 1. The smallest absolute Gasteiger partial charge is 0.143 e. The maximum absolute atomic E-state index is 13.8. The molecular weight excluding hydrogens is 283 g/mol. The molecule has 3 nitrogen and oxygen atoms in total. The van der Waals surface area contributed by atoms with Crippen molar-refractivity contribution in [3.63, 3.8) is 0 Å². The van der Waals surface area contributed by atoms with Crippen molar-refractivity contribution in [3.05, 3.63) is 58.4 Å². The van der Waals surface area contributed by atoms with E-state index in [9.17, 15) is 9.50 Å². The first kappa shape index (κ1) is 14.6. The third kappa shape index (κ3) is 3.21. The molecule has 0 spiro atoms. The van der Waals surface area contributed by atoms with Crippen molar-refractivity contribution in [2.24, 2.45) is 0 Å². The number of benzene rings is 2. The maximum atomic E-state index is 13.8. The molecule has 1 N–H and O–H groups in total. The Bertz CT molecular complexity index is 602. The van der Waals surface area contributed by atoms with Crippen molar-refractivity contribution >= 4 is 11.6 Å². The van der Waals surface area contributed by atoms with E-state index in [1.807, 2.05) is 0 Å². The minimum atomic E-state index is -0.415. The molecule has 0 atom stereocenters. The fourth-order valence-electron chi connectivity index (χ4n) is 1.76. The van der Waals surface area contributed by atoms with Gasteiger partial charge in [-0.05, 0) is 18.2 Å². The summed E-state index contributed by atoms with van der Waals surface area (Å²) in [5, 5.41) is 9.61. The topological polar surface area (TPSA) is 38.7 Å². The normalized spacial score (nSPS) is 10.4. The van der Waals surface area contributed by atoms with Crippen LogP contribution in [0.4, 0.5) is 4.39 Å². The Morgan fingerprint density at radius 3 is 2.65 bits per heavy atom. The van der Waals surface area contributed by atoms with E-state index < -0.39 is 5.82 Å². The van der Waals surface area contributed by atoms with Gasteiger partial charge in [0.15, 0.2) is 0 Å². The summed E-state index contributed by atoms with van der Waals surface area (Å²) in [4.78, 5) is 0. The van der Waals surface area contributed by atoms with E-state index >= 15 is 0 Å². The van der Waals surface area contributed by atoms with E-state index in [-0.39, 0.29) is 13.2 Å². The standard InChI is InChI=1S/C15H14ClFO3/c1-19-12-6-5-11(14(17)7-12)9-20-15-10(8-18)3-2-4-13(15)16/h2-7,18H,8-9H2,1H3. The zero-order chi connectivity index (χ0) is 14.5. The number of aliphatic hydroxyl groups excluding tert-OH is 1. The molecule has 0 fully saturated rings. The first-order valence-electron chi connectivity index (χ1n) is 5.99. The lowest BCUT2D eigenvalue weighted by Gasteiger charge is -2.12. The van der Waals surface area contributed by atoms with Crippen molar-refractivity contribution in [1.82, 2.24) is 0 Å². The SMILES string of the molecule is COc1ccc(COc2c(Cl)cccc2CO)c(F)c1. The summed E-state index contributed by atoms with van der Waals surface area (Å²) in [6.07, 6.45) is 0. The quantitative estimate of drug-likeness (QED) is 0.917. The zero-order valence-corrected chi connectivity index (χ0v) is 11.7. The van der Waals surface area contributed by atoms with E-state index in [4.69, 9.17) is 21.1 Å². The summed E-state index contributed by atoms with van der Waals surface area (Å²) >= 11 is 6.01. The number of para-hydroxylation sites is 1. The minimum Gasteiger partial charge on any atom is -0.497 e. The number of rotatable bonds is 5. The molecule has 0 aliphatic heterocycles.